The summed E-state index contributed by atoms with van der Waals surface area (Å²) in [6, 6.07) is 22.2. The van der Waals surface area contributed by atoms with Crippen molar-refractivity contribution < 1.29 is 38.4 Å². The molecular weight excluding hydrogens is 779 g/mol. The van der Waals surface area contributed by atoms with Crippen LogP contribution >= 0.6 is 0 Å². The molecule has 12 nitrogen and oxygen atoms in total. The normalized spacial score (nSPS) is 15.6. The smallest absolute Gasteiger partial charge is 0.410 e. The van der Waals surface area contributed by atoms with E-state index in [0.717, 1.165) is 37.9 Å². The number of aliphatic hydroxyl groups is 1. The molecule has 1 saturated heterocycles. The molecule has 2 heterocycles. The first kappa shape index (κ1) is 46.4. The number of aromatic amines is 1. The fourth-order valence-electron chi connectivity index (χ4n) is 7.05. The summed E-state index contributed by atoms with van der Waals surface area (Å²) in [5.41, 5.74) is -1.13. The van der Waals surface area contributed by atoms with Gasteiger partial charge in [-0.1, -0.05) is 69.3 Å². The lowest BCUT2D eigenvalue weighted by Crippen LogP contribution is -2.46. The number of H-pyrrole nitrogens is 1. The summed E-state index contributed by atoms with van der Waals surface area (Å²) in [6.07, 6.45) is 2.94. The Balaban J connectivity index is 1.25. The molecule has 1 aromatic heterocycles. The summed E-state index contributed by atoms with van der Waals surface area (Å²) in [6.45, 7) is 19.3. The van der Waals surface area contributed by atoms with Crippen LogP contribution in [0.25, 0.3) is 10.9 Å². The molecule has 4 aromatic rings. The molecule has 0 radical (unpaired) electrons. The van der Waals surface area contributed by atoms with Crippen molar-refractivity contribution in [3.05, 3.63) is 106 Å². The number of ether oxygens (including phenoxy) is 3. The Morgan fingerprint density at radius 2 is 1.53 bits per heavy atom. The summed E-state index contributed by atoms with van der Waals surface area (Å²) < 4.78 is 24.7. The first-order valence-corrected chi connectivity index (χ1v) is 24.1. The van der Waals surface area contributed by atoms with E-state index in [1.54, 1.807) is 71.6 Å². The van der Waals surface area contributed by atoms with E-state index in [4.69, 9.17) is 18.6 Å². The number of amides is 1. The van der Waals surface area contributed by atoms with E-state index >= 15 is 0 Å². The van der Waals surface area contributed by atoms with Gasteiger partial charge in [0.25, 0.3) is 0 Å². The number of phenols is 1. The van der Waals surface area contributed by atoms with Gasteiger partial charge in [-0.25, -0.2) is 9.59 Å². The number of hydrogen-bond donors (Lipinski definition) is 4. The van der Waals surface area contributed by atoms with E-state index in [9.17, 15) is 24.6 Å². The Morgan fingerprint density at radius 3 is 2.18 bits per heavy atom. The zero-order valence-electron chi connectivity index (χ0n) is 36.6. The number of carbonyl (C=O) groups excluding carboxylic acids is 2. The number of pyridine rings is 1. The van der Waals surface area contributed by atoms with Gasteiger partial charge in [0.15, 0.2) is 8.32 Å². The number of fused-ring (bicyclic) bond motifs is 1. The molecule has 5 rings (SSSR count). The van der Waals surface area contributed by atoms with Gasteiger partial charge >= 0.3 is 12.1 Å². The lowest BCUT2D eigenvalue weighted by atomic mass is 9.86. The molecule has 3 aromatic carbocycles. The summed E-state index contributed by atoms with van der Waals surface area (Å²) >= 11 is 0. The van der Waals surface area contributed by atoms with Crippen LogP contribution in [0.15, 0.2) is 83.7 Å². The Morgan fingerprint density at radius 1 is 0.867 bits per heavy atom. The molecule has 60 heavy (non-hydrogen) atoms. The Labute approximate surface area is 355 Å². The highest BCUT2D eigenvalue weighted by molar-refractivity contribution is 6.74. The largest absolute Gasteiger partial charge is 0.506 e. The standard InChI is InChI=1S/C47H65N3O9Si/c1-45(2,3)58-44(54)50(31-40(59-60(7,8)46(4,5)6)37-21-23-39(51)42-38(37)22-24-41(52)49-42)29-13-10-14-30-56-36-19-17-35(18-20-36)47(55,34-15-11-9-12-16-34)43(53)57-32-33-25-27-48-28-26-33/h9,11-12,15-24,33,40,48,51,55H,10,13-14,25-32H2,1-8H3,(H,49,52)/t40-,47?/m0/s1. The Bertz CT molecular complexity index is 2090. The number of nitrogens with zero attached hydrogens (tertiary/aromatic N) is 1. The van der Waals surface area contributed by atoms with Crippen molar-refractivity contribution in [3.8, 4) is 11.5 Å². The number of aromatic nitrogens is 1. The lowest BCUT2D eigenvalue weighted by Gasteiger charge is -2.41. The molecular formula is C47H65N3O9Si. The second-order valence-corrected chi connectivity index (χ2v) is 23.1. The molecule has 0 aliphatic carbocycles. The van der Waals surface area contributed by atoms with Crippen LogP contribution in [0.3, 0.4) is 0 Å². The second-order valence-electron chi connectivity index (χ2n) is 18.4. The van der Waals surface area contributed by atoms with E-state index < -0.39 is 37.7 Å². The van der Waals surface area contributed by atoms with Crippen molar-refractivity contribution in [2.75, 3.05) is 39.4 Å². The van der Waals surface area contributed by atoms with Gasteiger partial charge in [-0.05, 0) is 131 Å². The average molecular weight is 844 g/mol. The van der Waals surface area contributed by atoms with Gasteiger partial charge in [0.1, 0.15) is 17.1 Å². The predicted octanol–water partition coefficient (Wildman–Crippen LogP) is 8.56. The SMILES string of the molecule is CC(C)(C)OC(=O)N(CCCCCOc1ccc(C(O)(C(=O)OCC2CCNCC2)c2ccccc2)cc1)C[C@H](O[Si](C)(C)C(C)(C)C)c1ccc(O)c2[nH]c(=O)ccc12. The fraction of sp³-hybridized carbons (Fsp3) is 0.511. The summed E-state index contributed by atoms with van der Waals surface area (Å²) in [5.74, 6) is 0.105. The van der Waals surface area contributed by atoms with Gasteiger partial charge in [-0.2, -0.15) is 0 Å². The quantitative estimate of drug-likeness (QED) is 0.0461. The van der Waals surface area contributed by atoms with Crippen LogP contribution in [0.1, 0.15) is 96.4 Å². The average Bonchev–Trinajstić information content (AvgIpc) is 3.20. The number of carbonyl (C=O) groups is 2. The molecule has 13 heteroatoms. The molecule has 326 valence electrons. The maximum atomic E-state index is 13.8. The highest BCUT2D eigenvalue weighted by Crippen LogP contribution is 2.42. The molecule has 1 fully saturated rings. The van der Waals surface area contributed by atoms with Gasteiger partial charge in [-0.3, -0.25) is 4.79 Å². The van der Waals surface area contributed by atoms with E-state index in [0.29, 0.717) is 53.8 Å². The Hall–Kier alpha value is -4.69. The minimum atomic E-state index is -2.41. The maximum Gasteiger partial charge on any atom is 0.410 e. The molecule has 1 aliphatic heterocycles. The number of hydrogen-bond acceptors (Lipinski definition) is 10. The van der Waals surface area contributed by atoms with Crippen LogP contribution in [-0.4, -0.2) is 85.5 Å². The van der Waals surface area contributed by atoms with Gasteiger partial charge in [-0.15, -0.1) is 0 Å². The zero-order chi connectivity index (χ0) is 43.7. The van der Waals surface area contributed by atoms with Crippen molar-refractivity contribution in [2.24, 2.45) is 5.92 Å². The minimum absolute atomic E-state index is 0.0450. The summed E-state index contributed by atoms with van der Waals surface area (Å²) in [7, 11) is -2.41. The van der Waals surface area contributed by atoms with Crippen molar-refractivity contribution in [2.45, 2.75) is 109 Å². The highest BCUT2D eigenvalue weighted by atomic mass is 28.4. The molecule has 2 atom stereocenters. The highest BCUT2D eigenvalue weighted by Gasteiger charge is 2.43. The third-order valence-electron chi connectivity index (χ3n) is 11.5. The Kier molecular flexibility index (Phi) is 15.3. The zero-order valence-corrected chi connectivity index (χ0v) is 37.6. The van der Waals surface area contributed by atoms with Gasteiger partial charge < -0.3 is 44.1 Å². The van der Waals surface area contributed by atoms with E-state index in [1.165, 1.54) is 6.07 Å². The first-order chi connectivity index (χ1) is 28.3. The third kappa shape index (κ3) is 12.0. The van der Waals surface area contributed by atoms with E-state index in [1.807, 2.05) is 26.8 Å². The van der Waals surface area contributed by atoms with Crippen LogP contribution in [0.4, 0.5) is 4.79 Å². The number of nitrogens with one attached hydrogen (secondary N) is 2. The van der Waals surface area contributed by atoms with Gasteiger partial charge in [0, 0.05) is 18.0 Å². The van der Waals surface area contributed by atoms with Gasteiger partial charge in [0.05, 0.1) is 31.4 Å². The molecule has 0 saturated carbocycles. The van der Waals surface area contributed by atoms with Crippen LogP contribution in [0, 0.1) is 5.92 Å². The number of phenolic OH excluding ortho intramolecular Hbond substituents is 1. The van der Waals surface area contributed by atoms with Gasteiger partial charge in [0.2, 0.25) is 11.2 Å². The molecule has 1 aliphatic rings. The summed E-state index contributed by atoms with van der Waals surface area (Å²) in [4.78, 5) is 44.0. The van der Waals surface area contributed by atoms with Crippen LogP contribution in [0.5, 0.6) is 11.5 Å². The second kappa shape index (κ2) is 19.8. The number of piperidine rings is 1. The minimum Gasteiger partial charge on any atom is -0.506 e. The lowest BCUT2D eigenvalue weighted by molar-refractivity contribution is -0.163. The van der Waals surface area contributed by atoms with E-state index in [2.05, 4.69) is 44.2 Å². The van der Waals surface area contributed by atoms with Crippen molar-refractivity contribution in [1.82, 2.24) is 15.2 Å². The summed E-state index contributed by atoms with van der Waals surface area (Å²) in [5, 5.41) is 26.4. The van der Waals surface area contributed by atoms with Crippen LogP contribution in [0.2, 0.25) is 18.1 Å². The first-order valence-electron chi connectivity index (χ1n) is 21.2. The maximum absolute atomic E-state index is 13.8. The molecule has 0 bridgehead atoms. The fourth-order valence-corrected chi connectivity index (χ4v) is 8.31. The molecule has 0 spiro atoms. The van der Waals surface area contributed by atoms with E-state index in [-0.39, 0.29) is 35.4 Å². The van der Waals surface area contributed by atoms with Crippen molar-refractivity contribution >= 4 is 31.3 Å². The number of esters is 1. The predicted molar refractivity (Wildman–Crippen MR) is 237 cm³/mol. The van der Waals surface area contributed by atoms with Crippen LogP contribution < -0.4 is 15.6 Å². The third-order valence-corrected chi connectivity index (χ3v) is 16.0. The molecule has 1 amide bonds. The topological polar surface area (TPSA) is 160 Å². The molecule has 1 unspecified atom stereocenters. The number of aromatic hydroxyl groups is 1. The molecule has 4 N–H and O–H groups in total. The van der Waals surface area contributed by atoms with Crippen molar-refractivity contribution in [3.63, 3.8) is 0 Å². The number of unbranched alkanes of at least 4 members (excludes halogenated alkanes) is 2. The number of benzene rings is 3. The van der Waals surface area contributed by atoms with Crippen LogP contribution in [-0.2, 0) is 24.3 Å². The number of rotatable bonds is 17. The monoisotopic (exact) mass is 843 g/mol. The van der Waals surface area contributed by atoms with Crippen molar-refractivity contribution in [1.29, 1.82) is 0 Å².